The maximum Gasteiger partial charge on any atom is 0.146 e. The van der Waals surface area contributed by atoms with Crippen molar-refractivity contribution in [3.8, 4) is 11.4 Å². The Morgan fingerprint density at radius 3 is 2.32 bits per heavy atom. The fourth-order valence-electron chi connectivity index (χ4n) is 2.67. The summed E-state index contributed by atoms with van der Waals surface area (Å²) in [6, 6.07) is 18.7. The van der Waals surface area contributed by atoms with Crippen LogP contribution in [0.4, 0.5) is 0 Å². The molecule has 92 valence electrons. The number of hydrogen-bond donors (Lipinski definition) is 0. The Morgan fingerprint density at radius 2 is 1.53 bits per heavy atom. The van der Waals surface area contributed by atoms with Crippen molar-refractivity contribution in [2.45, 2.75) is 0 Å². The second-order valence-corrected chi connectivity index (χ2v) is 4.69. The van der Waals surface area contributed by atoms with Crippen LogP contribution in [0.3, 0.4) is 0 Å². The van der Waals surface area contributed by atoms with Crippen molar-refractivity contribution in [1.82, 2.24) is 14.0 Å². The van der Waals surface area contributed by atoms with Gasteiger partial charge in [-0.25, -0.2) is 4.98 Å². The molecule has 0 spiro atoms. The number of nitrogens with zero attached hydrogens (tertiary/aromatic N) is 3. The van der Waals surface area contributed by atoms with Gasteiger partial charge in [0.15, 0.2) is 0 Å². The molecule has 0 unspecified atom stereocenters. The smallest absolute Gasteiger partial charge is 0.146 e. The van der Waals surface area contributed by atoms with Gasteiger partial charge in [-0.2, -0.15) is 0 Å². The molecule has 0 saturated heterocycles. The number of hydrogen-bond acceptors (Lipinski definition) is 1. The topological polar surface area (TPSA) is 22.2 Å². The fraction of sp³-hybridized carbons (Fsp3) is 0.0625. The molecule has 0 saturated carbocycles. The van der Waals surface area contributed by atoms with Crippen LogP contribution in [0, 0.1) is 0 Å². The lowest BCUT2D eigenvalue weighted by atomic mass is 10.2. The van der Waals surface area contributed by atoms with Gasteiger partial charge >= 0.3 is 0 Å². The van der Waals surface area contributed by atoms with Crippen LogP contribution >= 0.6 is 0 Å². The molecule has 2 aromatic heterocycles. The molecule has 0 N–H and O–H groups in total. The van der Waals surface area contributed by atoms with Crippen molar-refractivity contribution in [3.63, 3.8) is 0 Å². The minimum Gasteiger partial charge on any atom is -0.327 e. The molecule has 2 heterocycles. The zero-order chi connectivity index (χ0) is 12.8. The molecule has 0 radical (unpaired) electrons. The van der Waals surface area contributed by atoms with E-state index < -0.39 is 0 Å². The predicted molar refractivity (Wildman–Crippen MR) is 77.1 cm³/mol. The number of para-hydroxylation sites is 2. The summed E-state index contributed by atoms with van der Waals surface area (Å²) in [7, 11) is 2.08. The van der Waals surface area contributed by atoms with Crippen molar-refractivity contribution < 1.29 is 0 Å². The second-order valence-electron chi connectivity index (χ2n) is 4.69. The summed E-state index contributed by atoms with van der Waals surface area (Å²) >= 11 is 0. The lowest BCUT2D eigenvalue weighted by molar-refractivity contribution is 0.994. The zero-order valence-corrected chi connectivity index (χ0v) is 10.6. The molecule has 4 aromatic rings. The summed E-state index contributed by atoms with van der Waals surface area (Å²) in [5.74, 6) is 0.993. The monoisotopic (exact) mass is 247 g/mol. The van der Waals surface area contributed by atoms with E-state index in [2.05, 4.69) is 57.4 Å². The Labute approximate surface area is 110 Å². The van der Waals surface area contributed by atoms with Crippen molar-refractivity contribution in [1.29, 1.82) is 0 Å². The van der Waals surface area contributed by atoms with Gasteiger partial charge in [-0.15, -0.1) is 0 Å². The summed E-state index contributed by atoms with van der Waals surface area (Å²) in [5.41, 5.74) is 4.66. The van der Waals surface area contributed by atoms with Crippen LogP contribution in [0.15, 0.2) is 60.8 Å². The Balaban J connectivity index is 2.17. The highest BCUT2D eigenvalue weighted by molar-refractivity contribution is 5.84. The van der Waals surface area contributed by atoms with Crippen molar-refractivity contribution in [2.24, 2.45) is 7.05 Å². The van der Waals surface area contributed by atoms with Gasteiger partial charge in [0.05, 0.1) is 17.2 Å². The summed E-state index contributed by atoms with van der Waals surface area (Å²) in [6.45, 7) is 0. The number of rotatable bonds is 1. The molecule has 0 atom stereocenters. The zero-order valence-electron chi connectivity index (χ0n) is 10.6. The lowest BCUT2D eigenvalue weighted by Crippen LogP contribution is -1.87. The molecule has 0 fully saturated rings. The molecule has 3 heteroatoms. The Hall–Kier alpha value is -2.55. The van der Waals surface area contributed by atoms with E-state index in [-0.39, 0.29) is 0 Å². The molecular weight excluding hydrogens is 234 g/mol. The van der Waals surface area contributed by atoms with Crippen LogP contribution in [-0.4, -0.2) is 14.0 Å². The van der Waals surface area contributed by atoms with Gasteiger partial charge in [-0.05, 0) is 12.1 Å². The quantitative estimate of drug-likeness (QED) is 0.504. The average Bonchev–Trinajstić information content (AvgIpc) is 3.02. The molecule has 0 amide bonds. The molecule has 2 aromatic carbocycles. The van der Waals surface area contributed by atoms with E-state index in [0.29, 0.717) is 0 Å². The third kappa shape index (κ3) is 1.35. The molecule has 4 rings (SSSR count). The van der Waals surface area contributed by atoms with E-state index in [1.165, 1.54) is 11.0 Å². The first kappa shape index (κ1) is 10.4. The highest BCUT2D eigenvalue weighted by Crippen LogP contribution is 2.26. The maximum atomic E-state index is 4.58. The average molecular weight is 247 g/mol. The SMILES string of the molecule is Cn1c2ccccc2n2c(-c3ccccc3)ncc12. The van der Waals surface area contributed by atoms with Crippen molar-refractivity contribution >= 4 is 16.7 Å². The first-order chi connectivity index (χ1) is 9.36. The van der Waals surface area contributed by atoms with E-state index in [1.54, 1.807) is 0 Å². The van der Waals surface area contributed by atoms with Gasteiger partial charge in [0.1, 0.15) is 11.5 Å². The van der Waals surface area contributed by atoms with Crippen LogP contribution < -0.4 is 0 Å². The van der Waals surface area contributed by atoms with E-state index >= 15 is 0 Å². The molecule has 3 nitrogen and oxygen atoms in total. The highest BCUT2D eigenvalue weighted by Gasteiger charge is 2.13. The predicted octanol–water partition coefficient (Wildman–Crippen LogP) is 3.49. The second kappa shape index (κ2) is 3.72. The third-order valence-corrected chi connectivity index (χ3v) is 3.60. The van der Waals surface area contributed by atoms with E-state index in [9.17, 15) is 0 Å². The Bertz CT molecular complexity index is 869. The van der Waals surface area contributed by atoms with Crippen molar-refractivity contribution in [3.05, 3.63) is 60.8 Å². The normalized spacial score (nSPS) is 11.4. The fourth-order valence-corrected chi connectivity index (χ4v) is 2.67. The molecular formula is C16H13N3. The van der Waals surface area contributed by atoms with Crippen LogP contribution in [0.2, 0.25) is 0 Å². The molecule has 0 aliphatic rings. The first-order valence-corrected chi connectivity index (χ1v) is 6.32. The minimum absolute atomic E-state index is 0.993. The van der Waals surface area contributed by atoms with E-state index in [1.807, 2.05) is 24.4 Å². The van der Waals surface area contributed by atoms with Crippen molar-refractivity contribution in [2.75, 3.05) is 0 Å². The largest absolute Gasteiger partial charge is 0.327 e. The number of imidazole rings is 2. The molecule has 19 heavy (non-hydrogen) atoms. The standard InChI is InChI=1S/C16H13N3/c1-18-13-9-5-6-10-14(13)19-15(18)11-17-16(19)12-7-3-2-4-8-12/h2-11H,1H3. The summed E-state index contributed by atoms with van der Waals surface area (Å²) in [6.07, 6.45) is 1.93. The van der Waals surface area contributed by atoms with E-state index in [4.69, 9.17) is 0 Å². The van der Waals surface area contributed by atoms with Crippen LogP contribution in [0.25, 0.3) is 28.1 Å². The molecule has 0 bridgehead atoms. The van der Waals surface area contributed by atoms with Crippen LogP contribution in [0.1, 0.15) is 0 Å². The van der Waals surface area contributed by atoms with E-state index in [0.717, 1.165) is 17.0 Å². The maximum absolute atomic E-state index is 4.58. The summed E-state index contributed by atoms with van der Waals surface area (Å²) in [4.78, 5) is 4.58. The summed E-state index contributed by atoms with van der Waals surface area (Å²) in [5, 5.41) is 0. The van der Waals surface area contributed by atoms with Crippen LogP contribution in [0.5, 0.6) is 0 Å². The lowest BCUT2D eigenvalue weighted by Gasteiger charge is -1.99. The highest BCUT2D eigenvalue weighted by atomic mass is 15.2. The number of benzene rings is 2. The number of fused-ring (bicyclic) bond motifs is 3. The molecule has 0 aliphatic heterocycles. The van der Waals surface area contributed by atoms with Gasteiger partial charge in [0.25, 0.3) is 0 Å². The Kier molecular flexibility index (Phi) is 2.03. The minimum atomic E-state index is 0.993. The van der Waals surface area contributed by atoms with Gasteiger partial charge in [0.2, 0.25) is 0 Å². The first-order valence-electron chi connectivity index (χ1n) is 6.32. The molecule has 0 aliphatic carbocycles. The van der Waals surface area contributed by atoms with Gasteiger partial charge in [-0.3, -0.25) is 4.40 Å². The van der Waals surface area contributed by atoms with Gasteiger partial charge < -0.3 is 4.57 Å². The summed E-state index contributed by atoms with van der Waals surface area (Å²) < 4.78 is 4.39. The number of aromatic nitrogens is 3. The third-order valence-electron chi connectivity index (χ3n) is 3.60. The number of aryl methyl sites for hydroxylation is 1. The van der Waals surface area contributed by atoms with Crippen LogP contribution in [-0.2, 0) is 7.05 Å². The Morgan fingerprint density at radius 1 is 0.842 bits per heavy atom. The van der Waals surface area contributed by atoms with Gasteiger partial charge in [-0.1, -0.05) is 42.5 Å². The van der Waals surface area contributed by atoms with Gasteiger partial charge in [0, 0.05) is 12.6 Å².